The van der Waals surface area contributed by atoms with Crippen LogP contribution in [0.3, 0.4) is 0 Å². The minimum Gasteiger partial charge on any atom is -0.351 e. The number of nitrogens with zero attached hydrogens (tertiary/aromatic N) is 3. The topological polar surface area (TPSA) is 59.2 Å². The number of carbonyl (C=O) groups excluding carboxylic acids is 1. The van der Waals surface area contributed by atoms with E-state index in [9.17, 15) is 4.79 Å². The number of hydrogen-bond acceptors (Lipinski definition) is 5. The van der Waals surface area contributed by atoms with Gasteiger partial charge in [-0.1, -0.05) is 19.0 Å². The molecule has 22 heavy (non-hydrogen) atoms. The molecule has 118 valence electrons. The fraction of sp³-hybridized carbons (Fsp3) is 0.562. The molecule has 1 aliphatic heterocycles. The van der Waals surface area contributed by atoms with E-state index in [1.165, 1.54) is 0 Å². The van der Waals surface area contributed by atoms with Crippen molar-refractivity contribution < 1.29 is 9.32 Å². The Morgan fingerprint density at radius 2 is 2.41 bits per heavy atom. The number of aromatic nitrogens is 2. The molecule has 2 aromatic heterocycles. The Morgan fingerprint density at radius 1 is 1.55 bits per heavy atom. The van der Waals surface area contributed by atoms with Crippen LogP contribution in [0.25, 0.3) is 0 Å². The van der Waals surface area contributed by atoms with E-state index in [-0.39, 0.29) is 5.91 Å². The van der Waals surface area contributed by atoms with Gasteiger partial charge in [-0.3, -0.25) is 4.79 Å². The average molecular weight is 319 g/mol. The summed E-state index contributed by atoms with van der Waals surface area (Å²) in [5.74, 6) is 1.15. The second-order valence-corrected chi connectivity index (χ2v) is 7.17. The number of carbonyl (C=O) groups is 1. The number of piperidine rings is 1. The third kappa shape index (κ3) is 3.38. The van der Waals surface area contributed by atoms with Gasteiger partial charge < -0.3 is 9.42 Å². The van der Waals surface area contributed by atoms with E-state index in [0.717, 1.165) is 36.5 Å². The quantitative estimate of drug-likeness (QED) is 0.867. The van der Waals surface area contributed by atoms with Crippen LogP contribution in [0.5, 0.6) is 0 Å². The van der Waals surface area contributed by atoms with Gasteiger partial charge in [0, 0.05) is 36.7 Å². The van der Waals surface area contributed by atoms with Crippen LogP contribution < -0.4 is 0 Å². The van der Waals surface area contributed by atoms with Gasteiger partial charge in [0.25, 0.3) is 5.91 Å². The molecule has 0 aromatic carbocycles. The van der Waals surface area contributed by atoms with E-state index in [1.807, 2.05) is 16.5 Å². The van der Waals surface area contributed by atoms with Crippen molar-refractivity contribution in [1.82, 2.24) is 15.0 Å². The summed E-state index contributed by atoms with van der Waals surface area (Å²) in [7, 11) is 0. The first kappa shape index (κ1) is 15.2. The van der Waals surface area contributed by atoms with Crippen molar-refractivity contribution in [3.63, 3.8) is 0 Å². The fourth-order valence-corrected chi connectivity index (χ4v) is 3.65. The number of likely N-dealkylation sites (tertiary alicyclic amines) is 1. The highest BCUT2D eigenvalue weighted by Crippen LogP contribution is 2.29. The minimum atomic E-state index is -0.0521. The molecule has 1 aliphatic rings. The molecule has 1 fully saturated rings. The van der Waals surface area contributed by atoms with Crippen molar-refractivity contribution in [2.75, 3.05) is 13.1 Å². The van der Waals surface area contributed by atoms with Gasteiger partial charge in [-0.05, 0) is 25.2 Å². The van der Waals surface area contributed by atoms with Gasteiger partial charge in [-0.25, -0.2) is 4.98 Å². The van der Waals surface area contributed by atoms with Crippen molar-refractivity contribution in [1.29, 1.82) is 0 Å². The zero-order valence-electron chi connectivity index (χ0n) is 13.0. The van der Waals surface area contributed by atoms with Crippen molar-refractivity contribution in [2.45, 2.75) is 39.0 Å². The van der Waals surface area contributed by atoms with Crippen LogP contribution in [0.2, 0.25) is 0 Å². The maximum Gasteiger partial charge on any atom is 0.292 e. The average Bonchev–Trinajstić information content (AvgIpc) is 3.17. The number of amides is 1. The standard InChI is InChI=1S/C16H21N3O2S/c1-11(2)8-13-9-14(21-18-13)16(20)19-6-3-4-12(10-19)15-17-5-7-22-15/h5,7,9,11-12H,3-4,6,8,10H2,1-2H3/t12-/m0/s1. The van der Waals surface area contributed by atoms with E-state index in [1.54, 1.807) is 17.4 Å². The Morgan fingerprint density at radius 3 is 3.14 bits per heavy atom. The van der Waals surface area contributed by atoms with E-state index in [2.05, 4.69) is 24.0 Å². The van der Waals surface area contributed by atoms with Crippen molar-refractivity contribution in [3.05, 3.63) is 34.1 Å². The van der Waals surface area contributed by atoms with Gasteiger partial charge in [0.15, 0.2) is 0 Å². The van der Waals surface area contributed by atoms with Crippen LogP contribution in [-0.2, 0) is 6.42 Å². The summed E-state index contributed by atoms with van der Waals surface area (Å²) >= 11 is 1.67. The number of rotatable bonds is 4. The lowest BCUT2D eigenvalue weighted by molar-refractivity contribution is 0.0665. The first-order valence-corrected chi connectivity index (χ1v) is 8.65. The third-order valence-corrected chi connectivity index (χ3v) is 4.83. The Kier molecular flexibility index (Phi) is 4.57. The molecule has 0 bridgehead atoms. The smallest absolute Gasteiger partial charge is 0.292 e. The SMILES string of the molecule is CC(C)Cc1cc(C(=O)N2CCC[C@H](c3nccs3)C2)on1. The Bertz CT molecular complexity index is 621. The summed E-state index contributed by atoms with van der Waals surface area (Å²) in [5, 5.41) is 7.12. The molecule has 5 nitrogen and oxygen atoms in total. The summed E-state index contributed by atoms with van der Waals surface area (Å²) in [5.41, 5.74) is 0.854. The molecule has 2 aromatic rings. The van der Waals surface area contributed by atoms with Crippen LogP contribution in [-0.4, -0.2) is 34.0 Å². The Hall–Kier alpha value is -1.69. The molecule has 1 saturated heterocycles. The number of hydrogen-bond donors (Lipinski definition) is 0. The lowest BCUT2D eigenvalue weighted by Crippen LogP contribution is -2.38. The molecule has 0 saturated carbocycles. The lowest BCUT2D eigenvalue weighted by Gasteiger charge is -2.31. The third-order valence-electron chi connectivity index (χ3n) is 3.90. The summed E-state index contributed by atoms with van der Waals surface area (Å²) in [6.45, 7) is 5.74. The van der Waals surface area contributed by atoms with E-state index in [0.29, 0.717) is 24.1 Å². The molecule has 6 heteroatoms. The highest BCUT2D eigenvalue weighted by atomic mass is 32.1. The van der Waals surface area contributed by atoms with Gasteiger partial charge in [-0.2, -0.15) is 0 Å². The van der Waals surface area contributed by atoms with Gasteiger partial charge >= 0.3 is 0 Å². The molecule has 0 radical (unpaired) electrons. The van der Waals surface area contributed by atoms with Crippen LogP contribution in [0, 0.1) is 5.92 Å². The monoisotopic (exact) mass is 319 g/mol. The van der Waals surface area contributed by atoms with Crippen molar-refractivity contribution in [3.8, 4) is 0 Å². The fourth-order valence-electron chi connectivity index (χ4n) is 2.88. The first-order valence-electron chi connectivity index (χ1n) is 7.77. The van der Waals surface area contributed by atoms with E-state index < -0.39 is 0 Å². The lowest BCUT2D eigenvalue weighted by atomic mass is 9.98. The number of thiazole rings is 1. The van der Waals surface area contributed by atoms with Gasteiger partial charge in [-0.15, -0.1) is 11.3 Å². The molecule has 1 amide bonds. The van der Waals surface area contributed by atoms with Gasteiger partial charge in [0.05, 0.1) is 10.7 Å². The summed E-state index contributed by atoms with van der Waals surface area (Å²) in [6.07, 6.45) is 4.75. The Balaban J connectivity index is 1.67. The molecule has 0 N–H and O–H groups in total. The van der Waals surface area contributed by atoms with Gasteiger partial charge in [0.2, 0.25) is 5.76 Å². The van der Waals surface area contributed by atoms with E-state index in [4.69, 9.17) is 4.52 Å². The van der Waals surface area contributed by atoms with Crippen LogP contribution in [0.4, 0.5) is 0 Å². The predicted octanol–water partition coefficient (Wildman–Crippen LogP) is 3.35. The normalized spacial score (nSPS) is 18.9. The molecular weight excluding hydrogens is 298 g/mol. The van der Waals surface area contributed by atoms with Crippen LogP contribution >= 0.6 is 11.3 Å². The minimum absolute atomic E-state index is 0.0521. The van der Waals surface area contributed by atoms with Crippen molar-refractivity contribution in [2.24, 2.45) is 5.92 Å². The van der Waals surface area contributed by atoms with E-state index >= 15 is 0 Å². The highest BCUT2D eigenvalue weighted by molar-refractivity contribution is 7.09. The molecule has 3 heterocycles. The second-order valence-electron chi connectivity index (χ2n) is 6.24. The molecule has 0 unspecified atom stereocenters. The van der Waals surface area contributed by atoms with Crippen molar-refractivity contribution >= 4 is 17.2 Å². The van der Waals surface area contributed by atoms with Crippen LogP contribution in [0.1, 0.15) is 53.9 Å². The second kappa shape index (κ2) is 6.60. The maximum absolute atomic E-state index is 12.6. The zero-order valence-corrected chi connectivity index (χ0v) is 13.8. The highest BCUT2D eigenvalue weighted by Gasteiger charge is 2.28. The molecule has 1 atom stereocenters. The molecular formula is C16H21N3O2S. The first-order chi connectivity index (χ1) is 10.6. The summed E-state index contributed by atoms with van der Waals surface area (Å²) in [4.78, 5) is 18.8. The Labute approximate surface area is 134 Å². The molecule has 0 aliphatic carbocycles. The summed E-state index contributed by atoms with van der Waals surface area (Å²) < 4.78 is 5.25. The summed E-state index contributed by atoms with van der Waals surface area (Å²) in [6, 6.07) is 1.79. The zero-order chi connectivity index (χ0) is 15.5. The largest absolute Gasteiger partial charge is 0.351 e. The maximum atomic E-state index is 12.6. The predicted molar refractivity (Wildman–Crippen MR) is 85.0 cm³/mol. The van der Waals surface area contributed by atoms with Crippen LogP contribution in [0.15, 0.2) is 22.2 Å². The van der Waals surface area contributed by atoms with Gasteiger partial charge in [0.1, 0.15) is 0 Å². The molecule has 3 rings (SSSR count). The molecule has 0 spiro atoms.